The molecule has 5 heteroatoms. The predicted octanol–water partition coefficient (Wildman–Crippen LogP) is 3.37. The van der Waals surface area contributed by atoms with E-state index < -0.39 is 18.0 Å². The molecule has 2 aromatic carbocycles. The molecule has 3 rings (SSSR count). The van der Waals surface area contributed by atoms with Crippen molar-refractivity contribution in [2.45, 2.75) is 32.3 Å². The van der Waals surface area contributed by atoms with Gasteiger partial charge >= 0.3 is 5.97 Å². The first-order valence-electron chi connectivity index (χ1n) is 8.74. The van der Waals surface area contributed by atoms with Crippen LogP contribution in [0.25, 0.3) is 0 Å². The van der Waals surface area contributed by atoms with Crippen LogP contribution in [0.2, 0.25) is 0 Å². The molecule has 1 saturated heterocycles. The van der Waals surface area contributed by atoms with Crippen molar-refractivity contribution in [2.24, 2.45) is 0 Å². The first-order chi connectivity index (χ1) is 12.6. The lowest BCUT2D eigenvalue weighted by atomic mass is 10.1. The third-order valence-corrected chi connectivity index (χ3v) is 4.44. The molecule has 1 unspecified atom stereocenters. The quantitative estimate of drug-likeness (QED) is 0.628. The summed E-state index contributed by atoms with van der Waals surface area (Å²) in [5.41, 5.74) is 1.88. The van der Waals surface area contributed by atoms with Crippen LogP contribution in [-0.4, -0.2) is 35.3 Å². The number of ether oxygens (including phenoxy) is 1. The van der Waals surface area contributed by atoms with E-state index in [1.807, 2.05) is 25.1 Å². The number of hydrogen-bond donors (Lipinski definition) is 0. The first kappa shape index (κ1) is 17.9. The van der Waals surface area contributed by atoms with E-state index in [4.69, 9.17) is 4.74 Å². The molecular formula is C21H21NO4. The Kier molecular flexibility index (Phi) is 5.46. The van der Waals surface area contributed by atoms with Gasteiger partial charge in [-0.05, 0) is 50.5 Å². The average molecular weight is 351 g/mol. The monoisotopic (exact) mass is 351 g/mol. The molecule has 5 nitrogen and oxygen atoms in total. The number of benzene rings is 2. The van der Waals surface area contributed by atoms with Gasteiger partial charge in [-0.2, -0.15) is 0 Å². The van der Waals surface area contributed by atoms with Crippen molar-refractivity contribution in [1.29, 1.82) is 0 Å². The zero-order valence-electron chi connectivity index (χ0n) is 14.7. The molecule has 0 saturated carbocycles. The van der Waals surface area contributed by atoms with Crippen LogP contribution in [0.4, 0.5) is 0 Å². The Morgan fingerprint density at radius 1 is 0.962 bits per heavy atom. The molecule has 1 aliphatic rings. The molecule has 0 spiro atoms. The highest BCUT2D eigenvalue weighted by Crippen LogP contribution is 2.19. The number of amides is 2. The minimum atomic E-state index is -0.932. The molecule has 0 radical (unpaired) electrons. The minimum Gasteiger partial charge on any atom is -0.449 e. The van der Waals surface area contributed by atoms with Gasteiger partial charge in [0.15, 0.2) is 6.10 Å². The van der Waals surface area contributed by atoms with Gasteiger partial charge < -0.3 is 4.74 Å². The fraction of sp³-hybridized carbons (Fsp3) is 0.286. The molecule has 26 heavy (non-hydrogen) atoms. The minimum absolute atomic E-state index is 0.338. The van der Waals surface area contributed by atoms with Crippen LogP contribution in [0.5, 0.6) is 0 Å². The Hall–Kier alpha value is -2.95. The Morgan fingerprint density at radius 3 is 2.35 bits per heavy atom. The molecule has 134 valence electrons. The second-order valence-electron chi connectivity index (χ2n) is 6.42. The van der Waals surface area contributed by atoms with Gasteiger partial charge in [-0.3, -0.25) is 14.5 Å². The number of carbonyl (C=O) groups excluding carboxylic acids is 3. The summed E-state index contributed by atoms with van der Waals surface area (Å²) in [5.74, 6) is -1.34. The van der Waals surface area contributed by atoms with Gasteiger partial charge in [-0.1, -0.05) is 35.9 Å². The molecule has 0 N–H and O–H groups in total. The van der Waals surface area contributed by atoms with Gasteiger partial charge in [-0.25, -0.2) is 4.79 Å². The Morgan fingerprint density at radius 2 is 1.65 bits per heavy atom. The molecular weight excluding hydrogens is 330 g/mol. The second kappa shape index (κ2) is 7.95. The molecule has 1 heterocycles. The molecule has 1 fully saturated rings. The van der Waals surface area contributed by atoms with Gasteiger partial charge in [0.25, 0.3) is 11.8 Å². The van der Waals surface area contributed by atoms with Crippen molar-refractivity contribution in [1.82, 2.24) is 4.90 Å². The number of carbonyl (C=O) groups is 3. The van der Waals surface area contributed by atoms with E-state index in [9.17, 15) is 14.4 Å². The zero-order valence-corrected chi connectivity index (χ0v) is 14.7. The molecule has 1 aliphatic heterocycles. The third kappa shape index (κ3) is 3.99. The number of nitrogens with zero attached hydrogens (tertiary/aromatic N) is 1. The largest absolute Gasteiger partial charge is 0.449 e. The van der Waals surface area contributed by atoms with Crippen LogP contribution in [0.15, 0.2) is 54.6 Å². The summed E-state index contributed by atoms with van der Waals surface area (Å²) in [7, 11) is 0. The van der Waals surface area contributed by atoms with Crippen LogP contribution < -0.4 is 0 Å². The van der Waals surface area contributed by atoms with Gasteiger partial charge in [0.2, 0.25) is 0 Å². The first-order valence-corrected chi connectivity index (χ1v) is 8.74. The number of likely N-dealkylation sites (tertiary alicyclic amines) is 1. The van der Waals surface area contributed by atoms with E-state index in [1.54, 1.807) is 36.4 Å². The number of imide groups is 1. The van der Waals surface area contributed by atoms with Crippen LogP contribution in [0.1, 0.15) is 45.5 Å². The third-order valence-electron chi connectivity index (χ3n) is 4.44. The molecule has 2 amide bonds. The maximum Gasteiger partial charge on any atom is 0.338 e. The van der Waals surface area contributed by atoms with E-state index in [1.165, 1.54) is 4.90 Å². The van der Waals surface area contributed by atoms with E-state index >= 15 is 0 Å². The topological polar surface area (TPSA) is 63.7 Å². The van der Waals surface area contributed by atoms with Gasteiger partial charge in [0.05, 0.1) is 5.56 Å². The van der Waals surface area contributed by atoms with Crippen LogP contribution in [0.3, 0.4) is 0 Å². The normalized spacial score (nSPS) is 17.5. The van der Waals surface area contributed by atoms with Crippen LogP contribution >= 0.6 is 0 Å². The Balaban J connectivity index is 1.75. The SMILES string of the molecule is Cc1ccc(C(=O)OC2CCCCN(C(=O)c3ccccc3)C2=O)cc1. The Labute approximate surface area is 152 Å². The molecule has 0 aromatic heterocycles. The fourth-order valence-electron chi connectivity index (χ4n) is 2.94. The van der Waals surface area contributed by atoms with Crippen LogP contribution in [-0.2, 0) is 9.53 Å². The number of aryl methyl sites for hydroxylation is 1. The summed E-state index contributed by atoms with van der Waals surface area (Å²) in [6.45, 7) is 2.27. The number of rotatable bonds is 3. The molecule has 2 aromatic rings. The van der Waals surface area contributed by atoms with Gasteiger partial charge in [0, 0.05) is 12.1 Å². The maximum absolute atomic E-state index is 12.8. The highest BCUT2D eigenvalue weighted by molar-refractivity contribution is 6.06. The molecule has 0 aliphatic carbocycles. The summed E-state index contributed by atoms with van der Waals surface area (Å²) >= 11 is 0. The van der Waals surface area contributed by atoms with Gasteiger partial charge in [-0.15, -0.1) is 0 Å². The predicted molar refractivity (Wildman–Crippen MR) is 96.7 cm³/mol. The highest BCUT2D eigenvalue weighted by atomic mass is 16.5. The summed E-state index contributed by atoms with van der Waals surface area (Å²) in [5, 5.41) is 0. The molecule has 1 atom stereocenters. The standard InChI is InChI=1S/C21H21NO4/c1-15-10-12-17(13-11-15)21(25)26-18-9-5-6-14-22(20(18)24)19(23)16-7-3-2-4-8-16/h2-4,7-8,10-13,18H,5-6,9,14H2,1H3. The number of esters is 1. The number of hydrogen-bond acceptors (Lipinski definition) is 4. The van der Waals surface area contributed by atoms with E-state index in [-0.39, 0.29) is 5.91 Å². The lowest BCUT2D eigenvalue weighted by Crippen LogP contribution is -2.43. The maximum atomic E-state index is 12.8. The fourth-order valence-corrected chi connectivity index (χ4v) is 2.94. The highest BCUT2D eigenvalue weighted by Gasteiger charge is 2.34. The summed E-state index contributed by atoms with van der Waals surface area (Å²) < 4.78 is 5.44. The summed E-state index contributed by atoms with van der Waals surface area (Å²) in [6, 6.07) is 15.6. The van der Waals surface area contributed by atoms with E-state index in [2.05, 4.69) is 0 Å². The van der Waals surface area contributed by atoms with Crippen molar-refractivity contribution >= 4 is 17.8 Å². The average Bonchev–Trinajstić information content (AvgIpc) is 2.84. The van der Waals surface area contributed by atoms with Crippen molar-refractivity contribution in [3.05, 3.63) is 71.3 Å². The van der Waals surface area contributed by atoms with Gasteiger partial charge in [0.1, 0.15) is 0 Å². The molecule has 0 bridgehead atoms. The van der Waals surface area contributed by atoms with Crippen molar-refractivity contribution in [3.63, 3.8) is 0 Å². The Bertz CT molecular complexity index is 799. The second-order valence-corrected chi connectivity index (χ2v) is 6.42. The van der Waals surface area contributed by atoms with E-state index in [0.29, 0.717) is 30.5 Å². The lowest BCUT2D eigenvalue weighted by molar-refractivity contribution is -0.137. The van der Waals surface area contributed by atoms with Crippen molar-refractivity contribution < 1.29 is 19.1 Å². The zero-order chi connectivity index (χ0) is 18.5. The van der Waals surface area contributed by atoms with Crippen LogP contribution in [0, 0.1) is 6.92 Å². The summed E-state index contributed by atoms with van der Waals surface area (Å²) in [6.07, 6.45) is 0.910. The van der Waals surface area contributed by atoms with Crippen molar-refractivity contribution in [2.75, 3.05) is 6.54 Å². The van der Waals surface area contributed by atoms with Crippen molar-refractivity contribution in [3.8, 4) is 0 Å². The summed E-state index contributed by atoms with van der Waals surface area (Å²) in [4.78, 5) is 39.0. The van der Waals surface area contributed by atoms with E-state index in [0.717, 1.165) is 12.0 Å². The lowest BCUT2D eigenvalue weighted by Gasteiger charge is -2.22. The smallest absolute Gasteiger partial charge is 0.338 e.